The van der Waals surface area contributed by atoms with Gasteiger partial charge >= 0.3 is 18.8 Å². The molecule has 0 aliphatic rings. The highest BCUT2D eigenvalue weighted by Gasteiger charge is 2.36. The number of nitrogens with zero attached hydrogens (tertiary/aromatic N) is 3. The third-order valence-electron chi connectivity index (χ3n) is 4.43. The van der Waals surface area contributed by atoms with Gasteiger partial charge < -0.3 is 9.47 Å². The van der Waals surface area contributed by atoms with E-state index in [0.29, 0.717) is 11.3 Å². The first-order valence-electron chi connectivity index (χ1n) is 9.24. The molecule has 6 nitrogen and oxygen atoms in total. The normalized spacial score (nSPS) is 12.9. The summed E-state index contributed by atoms with van der Waals surface area (Å²) in [4.78, 5) is 16.1. The lowest BCUT2D eigenvalue weighted by Gasteiger charge is -2.17. The molecule has 11 heteroatoms. The number of alkyl halides is 5. The summed E-state index contributed by atoms with van der Waals surface area (Å²) in [5.74, 6) is -2.74. The van der Waals surface area contributed by atoms with Gasteiger partial charge in [0.1, 0.15) is 5.75 Å². The SMILES string of the molecule is CCOC(=O)c1nn(CC)c(-c2cnc(CC(C)C(F)(F)F)cc2OC(F)F)c1C. The molecule has 2 aromatic heterocycles. The number of aromatic nitrogens is 3. The van der Waals surface area contributed by atoms with Gasteiger partial charge in [0.25, 0.3) is 0 Å². The fourth-order valence-corrected chi connectivity index (χ4v) is 2.90. The fraction of sp³-hybridized carbons (Fsp3) is 0.526. The molecule has 1 atom stereocenters. The van der Waals surface area contributed by atoms with Gasteiger partial charge in [0.2, 0.25) is 0 Å². The van der Waals surface area contributed by atoms with Crippen LogP contribution in [0, 0.1) is 12.8 Å². The first kappa shape index (κ1) is 23.6. The Hall–Kier alpha value is -2.72. The summed E-state index contributed by atoms with van der Waals surface area (Å²) in [6.07, 6.45) is -3.79. The van der Waals surface area contributed by atoms with Crippen LogP contribution in [0.15, 0.2) is 12.3 Å². The van der Waals surface area contributed by atoms with Crippen molar-refractivity contribution in [2.45, 2.75) is 53.4 Å². The van der Waals surface area contributed by atoms with Crippen LogP contribution in [0.2, 0.25) is 0 Å². The number of pyridine rings is 1. The zero-order valence-corrected chi connectivity index (χ0v) is 16.9. The van der Waals surface area contributed by atoms with Crippen LogP contribution in [0.25, 0.3) is 11.3 Å². The van der Waals surface area contributed by atoms with Gasteiger partial charge in [0, 0.05) is 36.5 Å². The molecule has 0 aliphatic heterocycles. The van der Waals surface area contributed by atoms with E-state index in [1.165, 1.54) is 4.68 Å². The second kappa shape index (κ2) is 9.40. The van der Waals surface area contributed by atoms with E-state index in [4.69, 9.17) is 4.74 Å². The molecule has 0 amide bonds. The van der Waals surface area contributed by atoms with Crippen molar-refractivity contribution in [1.29, 1.82) is 0 Å². The highest BCUT2D eigenvalue weighted by atomic mass is 19.4. The molecule has 0 saturated heterocycles. The van der Waals surface area contributed by atoms with Crippen molar-refractivity contribution in [2.75, 3.05) is 6.61 Å². The van der Waals surface area contributed by atoms with Crippen molar-refractivity contribution in [1.82, 2.24) is 14.8 Å². The topological polar surface area (TPSA) is 66.2 Å². The number of halogens is 5. The number of rotatable bonds is 8. The molecular formula is C19H22F5N3O3. The monoisotopic (exact) mass is 435 g/mol. The molecule has 0 fully saturated rings. The van der Waals surface area contributed by atoms with Crippen LogP contribution >= 0.6 is 0 Å². The molecule has 30 heavy (non-hydrogen) atoms. The van der Waals surface area contributed by atoms with Gasteiger partial charge in [-0.15, -0.1) is 0 Å². The molecule has 2 aromatic rings. The first-order valence-corrected chi connectivity index (χ1v) is 9.24. The molecule has 0 aromatic carbocycles. The highest BCUT2D eigenvalue weighted by molar-refractivity contribution is 5.91. The van der Waals surface area contributed by atoms with E-state index in [1.807, 2.05) is 0 Å². The van der Waals surface area contributed by atoms with E-state index in [0.717, 1.165) is 19.2 Å². The van der Waals surface area contributed by atoms with Crippen LogP contribution in [0.1, 0.15) is 42.5 Å². The van der Waals surface area contributed by atoms with Gasteiger partial charge in [-0.25, -0.2) is 4.79 Å². The van der Waals surface area contributed by atoms with Gasteiger partial charge in [-0.2, -0.15) is 27.1 Å². The van der Waals surface area contributed by atoms with Crippen molar-refractivity contribution in [3.05, 3.63) is 29.2 Å². The minimum Gasteiger partial charge on any atom is -0.461 e. The maximum atomic E-state index is 13.0. The predicted octanol–water partition coefficient (Wildman–Crippen LogP) is 4.79. The van der Waals surface area contributed by atoms with Crippen molar-refractivity contribution >= 4 is 5.97 Å². The molecule has 0 spiro atoms. The minimum absolute atomic E-state index is 0.00599. The second-order valence-corrected chi connectivity index (χ2v) is 6.56. The number of aryl methyl sites for hydroxylation is 1. The molecule has 166 valence electrons. The number of hydrogen-bond donors (Lipinski definition) is 0. The number of ether oxygens (including phenoxy) is 2. The number of carbonyl (C=O) groups excluding carboxylic acids is 1. The van der Waals surface area contributed by atoms with Crippen LogP contribution < -0.4 is 4.74 Å². The van der Waals surface area contributed by atoms with E-state index in [2.05, 4.69) is 14.8 Å². The Bertz CT molecular complexity index is 896. The van der Waals surface area contributed by atoms with E-state index in [1.54, 1.807) is 20.8 Å². The third kappa shape index (κ3) is 5.25. The summed E-state index contributed by atoms with van der Waals surface area (Å²) < 4.78 is 75.5. The largest absolute Gasteiger partial charge is 0.461 e. The smallest absolute Gasteiger partial charge is 0.391 e. The summed E-state index contributed by atoms with van der Waals surface area (Å²) in [7, 11) is 0. The lowest BCUT2D eigenvalue weighted by atomic mass is 10.0. The van der Waals surface area contributed by atoms with E-state index >= 15 is 0 Å². The molecule has 2 heterocycles. The highest BCUT2D eigenvalue weighted by Crippen LogP contribution is 2.36. The first-order chi connectivity index (χ1) is 14.0. The maximum Gasteiger partial charge on any atom is 0.391 e. The minimum atomic E-state index is -4.45. The number of carbonyl (C=O) groups is 1. The van der Waals surface area contributed by atoms with Crippen LogP contribution in [-0.2, 0) is 17.7 Å². The summed E-state index contributed by atoms with van der Waals surface area (Å²) in [5.41, 5.74) is 0.685. The third-order valence-corrected chi connectivity index (χ3v) is 4.43. The molecule has 0 radical (unpaired) electrons. The van der Waals surface area contributed by atoms with Gasteiger partial charge in [-0.05, 0) is 20.8 Å². The summed E-state index contributed by atoms with van der Waals surface area (Å²) >= 11 is 0. The average Bonchev–Trinajstić information content (AvgIpc) is 2.97. The van der Waals surface area contributed by atoms with Crippen molar-refractivity contribution < 1.29 is 36.2 Å². The Kier molecular flexibility index (Phi) is 7.38. The van der Waals surface area contributed by atoms with E-state index in [9.17, 15) is 26.7 Å². The van der Waals surface area contributed by atoms with Gasteiger partial charge in [-0.3, -0.25) is 9.67 Å². The zero-order chi connectivity index (χ0) is 22.6. The summed E-state index contributed by atoms with van der Waals surface area (Å²) in [6, 6.07) is 1.06. The van der Waals surface area contributed by atoms with Crippen molar-refractivity contribution in [2.24, 2.45) is 5.92 Å². The van der Waals surface area contributed by atoms with E-state index < -0.39 is 31.1 Å². The molecule has 0 aliphatic carbocycles. The van der Waals surface area contributed by atoms with Crippen LogP contribution in [-0.4, -0.2) is 40.1 Å². The summed E-state index contributed by atoms with van der Waals surface area (Å²) in [5, 5.41) is 4.17. The standard InChI is InChI=1S/C19H22F5N3O3/c1-5-27-16(11(4)15(26-27)17(28)29-6-2)13-9-25-12(7-10(3)19(22,23)24)8-14(13)30-18(20)21/h8-10,18H,5-7H2,1-4H3. The second-order valence-electron chi connectivity index (χ2n) is 6.56. The number of hydrogen-bond acceptors (Lipinski definition) is 5. The van der Waals surface area contributed by atoms with Crippen molar-refractivity contribution in [3.63, 3.8) is 0 Å². The van der Waals surface area contributed by atoms with Gasteiger partial charge in [-0.1, -0.05) is 6.92 Å². The molecule has 2 rings (SSSR count). The van der Waals surface area contributed by atoms with Crippen LogP contribution in [0.4, 0.5) is 22.0 Å². The maximum absolute atomic E-state index is 13.0. The quantitative estimate of drug-likeness (QED) is 0.441. The zero-order valence-electron chi connectivity index (χ0n) is 16.9. The lowest BCUT2D eigenvalue weighted by molar-refractivity contribution is -0.169. The molecule has 0 saturated carbocycles. The molecular weight excluding hydrogens is 413 g/mol. The Morgan fingerprint density at radius 3 is 2.47 bits per heavy atom. The van der Waals surface area contributed by atoms with Crippen LogP contribution in [0.5, 0.6) is 5.75 Å². The Morgan fingerprint density at radius 1 is 1.27 bits per heavy atom. The molecule has 1 unspecified atom stereocenters. The Labute approximate surface area is 170 Å². The van der Waals surface area contributed by atoms with Crippen molar-refractivity contribution in [3.8, 4) is 17.0 Å². The van der Waals surface area contributed by atoms with Crippen LogP contribution in [0.3, 0.4) is 0 Å². The van der Waals surface area contributed by atoms with E-state index in [-0.39, 0.29) is 35.9 Å². The summed E-state index contributed by atoms with van der Waals surface area (Å²) in [6.45, 7) is 3.10. The predicted molar refractivity (Wildman–Crippen MR) is 97.4 cm³/mol. The molecule has 0 bridgehead atoms. The average molecular weight is 435 g/mol. The molecule has 0 N–H and O–H groups in total. The Morgan fingerprint density at radius 2 is 1.93 bits per heavy atom. The van der Waals surface area contributed by atoms with Gasteiger partial charge in [0.15, 0.2) is 5.69 Å². The Balaban J connectivity index is 2.56. The fourth-order valence-electron chi connectivity index (χ4n) is 2.90. The van der Waals surface area contributed by atoms with Gasteiger partial charge in [0.05, 0.1) is 23.8 Å². The number of esters is 1. The lowest BCUT2D eigenvalue weighted by Crippen LogP contribution is -2.22.